The smallest absolute Gasteiger partial charge is 0.321 e. The topological polar surface area (TPSA) is 72.8 Å². The maximum atomic E-state index is 12.0. The number of phenols is 2. The molecule has 0 aliphatic rings. The fraction of sp³-hybridized carbons (Fsp3) is 0.462. The molecule has 0 fully saturated rings. The molecule has 0 aromatic heterocycles. The molecule has 1 aromatic rings. The van der Waals surface area contributed by atoms with E-state index in [4.69, 9.17) is 0 Å². The van der Waals surface area contributed by atoms with Gasteiger partial charge in [-0.25, -0.2) is 4.79 Å². The quantitative estimate of drug-likeness (QED) is 0.754. The van der Waals surface area contributed by atoms with Gasteiger partial charge in [-0.1, -0.05) is 13.8 Å². The van der Waals surface area contributed by atoms with Gasteiger partial charge in [-0.05, 0) is 12.8 Å². The molecule has 18 heavy (non-hydrogen) atoms. The molecule has 1 rings (SSSR count). The zero-order chi connectivity index (χ0) is 13.5. The molecule has 0 saturated carbocycles. The number of nitrogens with zero attached hydrogens (tertiary/aromatic N) is 1. The van der Waals surface area contributed by atoms with Gasteiger partial charge in [0.2, 0.25) is 0 Å². The van der Waals surface area contributed by atoms with Crippen molar-refractivity contribution in [2.24, 2.45) is 0 Å². The Bertz CT molecular complexity index is 381. The normalized spacial score (nSPS) is 10.1. The highest BCUT2D eigenvalue weighted by Gasteiger charge is 2.12. The Morgan fingerprint density at radius 2 is 1.61 bits per heavy atom. The highest BCUT2D eigenvalue weighted by molar-refractivity contribution is 5.89. The summed E-state index contributed by atoms with van der Waals surface area (Å²) in [6.07, 6.45) is 1.78. The molecular weight excluding hydrogens is 232 g/mol. The lowest BCUT2D eigenvalue weighted by atomic mass is 10.3. The van der Waals surface area contributed by atoms with Gasteiger partial charge in [0.1, 0.15) is 11.5 Å². The predicted molar refractivity (Wildman–Crippen MR) is 70.9 cm³/mol. The highest BCUT2D eigenvalue weighted by Crippen LogP contribution is 2.24. The number of aromatic hydroxyl groups is 2. The molecule has 0 aliphatic carbocycles. The summed E-state index contributed by atoms with van der Waals surface area (Å²) in [6.45, 7) is 5.39. The minimum atomic E-state index is -0.219. The Labute approximate surface area is 107 Å². The standard InChI is InChI=1S/C13H20N2O3/c1-3-5-15(6-4-2)13(18)14-10-7-11(16)9-12(17)8-10/h7-9,16-17H,3-6H2,1-2H3,(H,14,18). The number of nitrogens with one attached hydrogen (secondary N) is 1. The van der Waals surface area contributed by atoms with Crippen LogP contribution in [-0.4, -0.2) is 34.2 Å². The number of carbonyl (C=O) groups is 1. The van der Waals surface area contributed by atoms with Gasteiger partial charge in [-0.2, -0.15) is 0 Å². The second-order valence-corrected chi connectivity index (χ2v) is 4.16. The zero-order valence-electron chi connectivity index (χ0n) is 10.8. The van der Waals surface area contributed by atoms with Gasteiger partial charge in [0, 0.05) is 37.0 Å². The van der Waals surface area contributed by atoms with E-state index >= 15 is 0 Å². The number of benzene rings is 1. The van der Waals surface area contributed by atoms with Gasteiger partial charge >= 0.3 is 6.03 Å². The van der Waals surface area contributed by atoms with Crippen molar-refractivity contribution in [3.8, 4) is 11.5 Å². The molecule has 0 radical (unpaired) electrons. The van der Waals surface area contributed by atoms with E-state index in [2.05, 4.69) is 5.32 Å². The third kappa shape index (κ3) is 4.16. The van der Waals surface area contributed by atoms with Crippen molar-refractivity contribution in [1.82, 2.24) is 4.90 Å². The van der Waals surface area contributed by atoms with E-state index in [9.17, 15) is 15.0 Å². The average Bonchev–Trinajstić information content (AvgIpc) is 2.27. The molecule has 100 valence electrons. The van der Waals surface area contributed by atoms with Gasteiger partial charge < -0.3 is 20.4 Å². The molecule has 5 heteroatoms. The number of hydrogen-bond donors (Lipinski definition) is 3. The summed E-state index contributed by atoms with van der Waals surface area (Å²) in [5.41, 5.74) is 0.384. The molecule has 0 aliphatic heterocycles. The minimum absolute atomic E-state index is 0.0807. The Hall–Kier alpha value is -1.91. The van der Waals surface area contributed by atoms with Crippen molar-refractivity contribution < 1.29 is 15.0 Å². The number of hydrogen-bond acceptors (Lipinski definition) is 3. The van der Waals surface area contributed by atoms with Gasteiger partial charge in [0.15, 0.2) is 0 Å². The summed E-state index contributed by atoms with van der Waals surface area (Å²) in [5, 5.41) is 21.3. The third-order valence-corrected chi connectivity index (χ3v) is 2.43. The van der Waals surface area contributed by atoms with Gasteiger partial charge in [0.05, 0.1) is 0 Å². The van der Waals surface area contributed by atoms with Crippen LogP contribution in [0.15, 0.2) is 18.2 Å². The number of rotatable bonds is 5. The molecule has 0 atom stereocenters. The lowest BCUT2D eigenvalue weighted by Crippen LogP contribution is -2.36. The Kier molecular flexibility index (Phi) is 5.30. The summed E-state index contributed by atoms with van der Waals surface area (Å²) < 4.78 is 0. The maximum absolute atomic E-state index is 12.0. The van der Waals surface area contributed by atoms with Crippen LogP contribution in [0.5, 0.6) is 11.5 Å². The van der Waals surface area contributed by atoms with E-state index < -0.39 is 0 Å². The van der Waals surface area contributed by atoms with Crippen LogP contribution in [0.4, 0.5) is 10.5 Å². The molecule has 1 aromatic carbocycles. The number of anilines is 1. The molecule has 0 saturated heterocycles. The van der Waals surface area contributed by atoms with Gasteiger partial charge in [0.25, 0.3) is 0 Å². The fourth-order valence-corrected chi connectivity index (χ4v) is 1.72. The van der Waals surface area contributed by atoms with Crippen LogP contribution in [-0.2, 0) is 0 Å². The van der Waals surface area contributed by atoms with Crippen LogP contribution < -0.4 is 5.32 Å². The molecule has 2 amide bonds. The van der Waals surface area contributed by atoms with Crippen LogP contribution in [0.2, 0.25) is 0 Å². The zero-order valence-corrected chi connectivity index (χ0v) is 10.8. The van der Waals surface area contributed by atoms with E-state index in [-0.39, 0.29) is 17.5 Å². The lowest BCUT2D eigenvalue weighted by Gasteiger charge is -2.21. The van der Waals surface area contributed by atoms with E-state index in [0.29, 0.717) is 18.8 Å². The number of carbonyl (C=O) groups excluding carboxylic acids is 1. The Morgan fingerprint density at radius 1 is 1.11 bits per heavy atom. The van der Waals surface area contributed by atoms with Crippen LogP contribution in [0.1, 0.15) is 26.7 Å². The second kappa shape index (κ2) is 6.74. The molecule has 3 N–H and O–H groups in total. The van der Waals surface area contributed by atoms with Crippen LogP contribution in [0.25, 0.3) is 0 Å². The first-order valence-electron chi connectivity index (χ1n) is 6.15. The first-order chi connectivity index (χ1) is 8.56. The largest absolute Gasteiger partial charge is 0.508 e. The third-order valence-electron chi connectivity index (χ3n) is 2.43. The molecule has 0 unspecified atom stereocenters. The number of phenolic OH excluding ortho intramolecular Hbond substituents is 2. The fourth-order valence-electron chi connectivity index (χ4n) is 1.72. The molecule has 0 spiro atoms. The predicted octanol–water partition coefficient (Wildman–Crippen LogP) is 2.75. The number of amides is 2. The van der Waals surface area contributed by atoms with Crippen molar-refractivity contribution in [2.75, 3.05) is 18.4 Å². The number of urea groups is 1. The summed E-state index contributed by atoms with van der Waals surface area (Å²) in [4.78, 5) is 13.7. The van der Waals surface area contributed by atoms with Crippen LogP contribution >= 0.6 is 0 Å². The second-order valence-electron chi connectivity index (χ2n) is 4.16. The Balaban J connectivity index is 2.72. The van der Waals surface area contributed by atoms with Crippen LogP contribution in [0.3, 0.4) is 0 Å². The first-order valence-corrected chi connectivity index (χ1v) is 6.15. The maximum Gasteiger partial charge on any atom is 0.321 e. The van der Waals surface area contributed by atoms with Crippen molar-refractivity contribution >= 4 is 11.7 Å². The highest BCUT2D eigenvalue weighted by atomic mass is 16.3. The summed E-state index contributed by atoms with van der Waals surface area (Å²) in [7, 11) is 0. The van der Waals surface area contributed by atoms with Crippen molar-refractivity contribution in [2.45, 2.75) is 26.7 Å². The summed E-state index contributed by atoms with van der Waals surface area (Å²) >= 11 is 0. The first kappa shape index (κ1) is 14.2. The van der Waals surface area contributed by atoms with Crippen molar-refractivity contribution in [1.29, 1.82) is 0 Å². The molecule has 5 nitrogen and oxygen atoms in total. The SMILES string of the molecule is CCCN(CCC)C(=O)Nc1cc(O)cc(O)c1. The lowest BCUT2D eigenvalue weighted by molar-refractivity contribution is 0.211. The van der Waals surface area contributed by atoms with E-state index in [1.165, 1.54) is 18.2 Å². The van der Waals surface area contributed by atoms with E-state index in [0.717, 1.165) is 12.8 Å². The van der Waals surface area contributed by atoms with Gasteiger partial charge in [-0.3, -0.25) is 0 Å². The van der Waals surface area contributed by atoms with E-state index in [1.807, 2.05) is 13.8 Å². The average molecular weight is 252 g/mol. The molecule has 0 bridgehead atoms. The molecular formula is C13H20N2O3. The monoisotopic (exact) mass is 252 g/mol. The van der Waals surface area contributed by atoms with Gasteiger partial charge in [-0.15, -0.1) is 0 Å². The van der Waals surface area contributed by atoms with Crippen molar-refractivity contribution in [3.05, 3.63) is 18.2 Å². The Morgan fingerprint density at radius 3 is 2.06 bits per heavy atom. The molecule has 0 heterocycles. The summed E-state index contributed by atoms with van der Waals surface area (Å²) in [5.74, 6) is -0.161. The minimum Gasteiger partial charge on any atom is -0.508 e. The van der Waals surface area contributed by atoms with Crippen LogP contribution in [0, 0.1) is 0 Å². The van der Waals surface area contributed by atoms with Crippen molar-refractivity contribution in [3.63, 3.8) is 0 Å². The summed E-state index contributed by atoms with van der Waals surface area (Å²) in [6, 6.07) is 3.79. The van der Waals surface area contributed by atoms with E-state index in [1.54, 1.807) is 4.90 Å².